The summed E-state index contributed by atoms with van der Waals surface area (Å²) in [5, 5.41) is 11.2. The van der Waals surface area contributed by atoms with Crippen LogP contribution in [0, 0.1) is 5.82 Å². The highest BCUT2D eigenvalue weighted by molar-refractivity contribution is 6.46. The molecule has 2 aromatic rings. The summed E-state index contributed by atoms with van der Waals surface area (Å²) in [6.07, 6.45) is -0.0671. The molecule has 1 aliphatic rings. The molecule has 1 saturated heterocycles. The number of rotatable bonds is 8. The van der Waals surface area contributed by atoms with Gasteiger partial charge in [-0.05, 0) is 49.6 Å². The molecule has 0 saturated carbocycles. The minimum Gasteiger partial charge on any atom is -0.507 e. The fourth-order valence-electron chi connectivity index (χ4n) is 4.01. The van der Waals surface area contributed by atoms with Gasteiger partial charge in [0.1, 0.15) is 17.3 Å². The van der Waals surface area contributed by atoms with Gasteiger partial charge in [0.2, 0.25) is 0 Å². The van der Waals surface area contributed by atoms with Gasteiger partial charge in [-0.3, -0.25) is 9.59 Å². The first kappa shape index (κ1) is 24.5. The van der Waals surface area contributed by atoms with Crippen molar-refractivity contribution < 1.29 is 28.6 Å². The predicted molar refractivity (Wildman–Crippen MR) is 124 cm³/mol. The number of aliphatic hydroxyl groups is 1. The third kappa shape index (κ3) is 4.93. The topological polar surface area (TPSA) is 76.1 Å². The van der Waals surface area contributed by atoms with Crippen molar-refractivity contribution >= 4 is 17.4 Å². The second kappa shape index (κ2) is 10.2. The van der Waals surface area contributed by atoms with E-state index in [0.29, 0.717) is 11.3 Å². The van der Waals surface area contributed by atoms with Crippen LogP contribution < -0.4 is 4.74 Å². The lowest BCUT2D eigenvalue weighted by molar-refractivity contribution is -0.140. The van der Waals surface area contributed by atoms with Crippen LogP contribution in [0.2, 0.25) is 0 Å². The molecule has 0 aromatic heterocycles. The molecular weight excluding hydrogens is 425 g/mol. The second-order valence-electron chi connectivity index (χ2n) is 8.54. The van der Waals surface area contributed by atoms with E-state index in [1.165, 1.54) is 23.1 Å². The number of ketones is 1. The van der Waals surface area contributed by atoms with Crippen LogP contribution in [-0.2, 0) is 14.3 Å². The molecule has 1 aliphatic heterocycles. The van der Waals surface area contributed by atoms with E-state index in [2.05, 4.69) is 0 Å². The lowest BCUT2D eigenvalue weighted by atomic mass is 9.93. The Bertz CT molecular complexity index is 1080. The SMILES string of the molecule is COc1ccc(/C(O)=C2\C(=O)C(=O)N(CCOC(C)C)C2c2ccccc2F)cc1C(C)C. The third-order valence-electron chi connectivity index (χ3n) is 5.65. The van der Waals surface area contributed by atoms with Gasteiger partial charge in [0, 0.05) is 17.7 Å². The van der Waals surface area contributed by atoms with E-state index in [1.807, 2.05) is 27.7 Å². The van der Waals surface area contributed by atoms with E-state index in [-0.39, 0.29) is 42.1 Å². The molecule has 7 heteroatoms. The monoisotopic (exact) mass is 455 g/mol. The fourth-order valence-corrected chi connectivity index (χ4v) is 4.01. The Morgan fingerprint density at radius 2 is 1.82 bits per heavy atom. The maximum absolute atomic E-state index is 14.8. The van der Waals surface area contributed by atoms with Crippen molar-refractivity contribution in [1.29, 1.82) is 0 Å². The van der Waals surface area contributed by atoms with Crippen LogP contribution in [0.4, 0.5) is 4.39 Å². The van der Waals surface area contributed by atoms with E-state index in [0.717, 1.165) is 5.56 Å². The number of amides is 1. The Balaban J connectivity index is 2.16. The standard InChI is InChI=1S/C26H30FNO5/c1-15(2)19-14-17(10-11-21(19)32-5)24(29)22-23(18-8-6-7-9-20(18)27)28(26(31)25(22)30)12-13-33-16(3)4/h6-11,14-16,23,29H,12-13H2,1-5H3/b24-22+. The fraction of sp³-hybridized carbons (Fsp3) is 0.385. The molecule has 0 aliphatic carbocycles. The predicted octanol–water partition coefficient (Wildman–Crippen LogP) is 4.80. The van der Waals surface area contributed by atoms with Crippen LogP contribution in [0.25, 0.3) is 5.76 Å². The van der Waals surface area contributed by atoms with Gasteiger partial charge in [-0.1, -0.05) is 32.0 Å². The van der Waals surface area contributed by atoms with Crippen molar-refractivity contribution in [2.24, 2.45) is 0 Å². The first-order valence-corrected chi connectivity index (χ1v) is 11.0. The van der Waals surface area contributed by atoms with Gasteiger partial charge in [-0.25, -0.2) is 4.39 Å². The van der Waals surface area contributed by atoms with Crippen LogP contribution in [0.15, 0.2) is 48.0 Å². The molecule has 0 bridgehead atoms. The maximum atomic E-state index is 14.8. The Morgan fingerprint density at radius 1 is 1.12 bits per heavy atom. The van der Waals surface area contributed by atoms with Gasteiger partial charge in [-0.2, -0.15) is 0 Å². The maximum Gasteiger partial charge on any atom is 0.295 e. The number of hydrogen-bond acceptors (Lipinski definition) is 5. The zero-order chi connectivity index (χ0) is 24.3. The summed E-state index contributed by atoms with van der Waals surface area (Å²) in [5.74, 6) is -1.83. The molecular formula is C26H30FNO5. The molecule has 0 spiro atoms. The molecule has 1 N–H and O–H groups in total. The van der Waals surface area contributed by atoms with E-state index >= 15 is 0 Å². The summed E-state index contributed by atoms with van der Waals surface area (Å²) in [5.41, 5.74) is 1.19. The lowest BCUT2D eigenvalue weighted by Gasteiger charge is -2.26. The lowest BCUT2D eigenvalue weighted by Crippen LogP contribution is -2.33. The van der Waals surface area contributed by atoms with Crippen molar-refractivity contribution in [3.8, 4) is 5.75 Å². The van der Waals surface area contributed by atoms with Crippen LogP contribution in [0.5, 0.6) is 5.75 Å². The van der Waals surface area contributed by atoms with Crippen LogP contribution >= 0.6 is 0 Å². The highest BCUT2D eigenvalue weighted by Gasteiger charge is 2.46. The second-order valence-corrected chi connectivity index (χ2v) is 8.54. The average Bonchev–Trinajstić information content (AvgIpc) is 3.03. The molecule has 1 heterocycles. The molecule has 3 rings (SSSR count). The number of carbonyl (C=O) groups excluding carboxylic acids is 2. The van der Waals surface area contributed by atoms with Gasteiger partial charge in [0.15, 0.2) is 0 Å². The molecule has 0 radical (unpaired) electrons. The zero-order valence-corrected chi connectivity index (χ0v) is 19.6. The van der Waals surface area contributed by atoms with E-state index in [9.17, 15) is 19.1 Å². The molecule has 33 heavy (non-hydrogen) atoms. The third-order valence-corrected chi connectivity index (χ3v) is 5.65. The number of hydrogen-bond donors (Lipinski definition) is 1. The quantitative estimate of drug-likeness (QED) is 0.351. The number of ether oxygens (including phenoxy) is 2. The molecule has 176 valence electrons. The Hall–Kier alpha value is -3.19. The number of aliphatic hydroxyl groups excluding tert-OH is 1. The summed E-state index contributed by atoms with van der Waals surface area (Å²) >= 11 is 0. The molecule has 1 atom stereocenters. The molecule has 1 unspecified atom stereocenters. The van der Waals surface area contributed by atoms with Crippen molar-refractivity contribution in [3.05, 3.63) is 70.5 Å². The van der Waals surface area contributed by atoms with Crippen molar-refractivity contribution in [1.82, 2.24) is 4.90 Å². The van der Waals surface area contributed by atoms with E-state index in [1.54, 1.807) is 31.4 Å². The normalized spacial score (nSPS) is 17.9. The average molecular weight is 456 g/mol. The molecule has 6 nitrogen and oxygen atoms in total. The van der Waals surface area contributed by atoms with Gasteiger partial charge in [-0.15, -0.1) is 0 Å². The van der Waals surface area contributed by atoms with Gasteiger partial charge < -0.3 is 19.5 Å². The van der Waals surface area contributed by atoms with Gasteiger partial charge in [0.05, 0.1) is 31.4 Å². The van der Waals surface area contributed by atoms with Crippen LogP contribution in [0.1, 0.15) is 56.3 Å². The first-order chi connectivity index (χ1) is 15.7. The Labute approximate surface area is 193 Å². The number of carbonyl (C=O) groups is 2. The Morgan fingerprint density at radius 3 is 2.42 bits per heavy atom. The highest BCUT2D eigenvalue weighted by atomic mass is 19.1. The highest BCUT2D eigenvalue weighted by Crippen LogP contribution is 2.41. The molecule has 1 amide bonds. The summed E-state index contributed by atoms with van der Waals surface area (Å²) in [6.45, 7) is 7.94. The number of likely N-dealkylation sites (tertiary alicyclic amines) is 1. The van der Waals surface area contributed by atoms with Crippen molar-refractivity contribution in [2.75, 3.05) is 20.3 Å². The van der Waals surface area contributed by atoms with Crippen LogP contribution in [-0.4, -0.2) is 48.1 Å². The van der Waals surface area contributed by atoms with Gasteiger partial charge in [0.25, 0.3) is 11.7 Å². The number of benzene rings is 2. The zero-order valence-electron chi connectivity index (χ0n) is 19.6. The number of nitrogens with zero attached hydrogens (tertiary/aromatic N) is 1. The Kier molecular flexibility index (Phi) is 7.53. The minimum absolute atomic E-state index is 0.0671. The summed E-state index contributed by atoms with van der Waals surface area (Å²) in [4.78, 5) is 27.3. The molecule has 1 fully saturated rings. The smallest absolute Gasteiger partial charge is 0.295 e. The summed E-state index contributed by atoms with van der Waals surface area (Å²) in [7, 11) is 1.56. The van der Waals surface area contributed by atoms with E-state index < -0.39 is 23.5 Å². The van der Waals surface area contributed by atoms with Crippen LogP contribution in [0.3, 0.4) is 0 Å². The molecule has 2 aromatic carbocycles. The number of Topliss-reactive ketones (excluding diaryl/α,β-unsaturated/α-hetero) is 1. The number of halogens is 1. The van der Waals surface area contributed by atoms with Crippen molar-refractivity contribution in [2.45, 2.75) is 45.8 Å². The minimum atomic E-state index is -1.06. The van der Waals surface area contributed by atoms with Gasteiger partial charge >= 0.3 is 0 Å². The first-order valence-electron chi connectivity index (χ1n) is 11.0. The van der Waals surface area contributed by atoms with E-state index in [4.69, 9.17) is 9.47 Å². The largest absolute Gasteiger partial charge is 0.507 e. The summed E-state index contributed by atoms with van der Waals surface area (Å²) < 4.78 is 25.8. The number of methoxy groups -OCH3 is 1. The summed E-state index contributed by atoms with van der Waals surface area (Å²) in [6, 6.07) is 9.94. The van der Waals surface area contributed by atoms with Crippen molar-refractivity contribution in [3.63, 3.8) is 0 Å².